The van der Waals surface area contributed by atoms with Crippen molar-refractivity contribution in [3.05, 3.63) is 52.6 Å². The Morgan fingerprint density at radius 2 is 1.43 bits per heavy atom. The summed E-state index contributed by atoms with van der Waals surface area (Å²) in [7, 11) is 4.48. The minimum atomic E-state index is -0.527. The van der Waals surface area contributed by atoms with Gasteiger partial charge in [0.15, 0.2) is 12.4 Å². The van der Waals surface area contributed by atoms with Gasteiger partial charge in [0.2, 0.25) is 0 Å². The molecule has 6 heteroatoms. The van der Waals surface area contributed by atoms with Crippen molar-refractivity contribution >= 4 is 11.9 Å². The van der Waals surface area contributed by atoms with E-state index in [1.165, 1.54) is 14.2 Å². The lowest BCUT2D eigenvalue weighted by Gasteiger charge is -2.35. The van der Waals surface area contributed by atoms with E-state index in [4.69, 9.17) is 9.47 Å². The van der Waals surface area contributed by atoms with Crippen LogP contribution in [0.5, 0.6) is 0 Å². The maximum Gasteiger partial charge on any atom is 0.336 e. The Morgan fingerprint density at radius 1 is 1.00 bits per heavy atom. The van der Waals surface area contributed by atoms with E-state index in [0.29, 0.717) is 11.1 Å². The van der Waals surface area contributed by atoms with Crippen molar-refractivity contribution in [2.75, 3.05) is 21.3 Å². The number of pyridine rings is 1. The molecule has 0 amide bonds. The number of aromatic nitrogens is 1. The molecule has 0 fully saturated rings. The van der Waals surface area contributed by atoms with Crippen LogP contribution in [0.2, 0.25) is 0 Å². The molecule has 2 rings (SSSR count). The molecular weight excluding hydrogens is 296 g/mol. The smallest absolute Gasteiger partial charge is 0.336 e. The minimum absolute atomic E-state index is 0.437. The fourth-order valence-corrected chi connectivity index (χ4v) is 2.85. The summed E-state index contributed by atoms with van der Waals surface area (Å²) < 4.78 is 9.90. The van der Waals surface area contributed by atoms with Crippen molar-refractivity contribution in [1.82, 2.24) is 4.90 Å². The van der Waals surface area contributed by atoms with Gasteiger partial charge in [-0.15, -0.1) is 0 Å². The summed E-state index contributed by atoms with van der Waals surface area (Å²) in [6.45, 7) is 3.68. The Balaban J connectivity index is 2.74. The average molecular weight is 317 g/mol. The van der Waals surface area contributed by atoms with Crippen molar-refractivity contribution in [2.24, 2.45) is 0 Å². The van der Waals surface area contributed by atoms with Crippen LogP contribution in [-0.2, 0) is 19.1 Å². The van der Waals surface area contributed by atoms with Crippen molar-refractivity contribution < 1.29 is 24.0 Å². The molecule has 0 radical (unpaired) electrons. The number of aromatic amines is 1. The van der Waals surface area contributed by atoms with Gasteiger partial charge >= 0.3 is 11.9 Å². The Hall–Kier alpha value is -2.63. The van der Waals surface area contributed by atoms with Crippen LogP contribution >= 0.6 is 0 Å². The van der Waals surface area contributed by atoms with Crippen molar-refractivity contribution in [2.45, 2.75) is 19.8 Å². The number of rotatable bonds is 3. The number of ether oxygens (including phenoxy) is 2. The summed E-state index contributed by atoms with van der Waals surface area (Å²) >= 11 is 0. The first-order chi connectivity index (χ1) is 10.9. The molecule has 1 aromatic heterocycles. The number of methoxy groups -OCH3 is 2. The van der Waals surface area contributed by atoms with E-state index in [9.17, 15) is 9.59 Å². The van der Waals surface area contributed by atoms with Crippen LogP contribution in [0, 0.1) is 0 Å². The van der Waals surface area contributed by atoms with Gasteiger partial charge in [0.1, 0.15) is 0 Å². The van der Waals surface area contributed by atoms with E-state index in [1.54, 1.807) is 12.4 Å². The molecule has 6 nitrogen and oxygen atoms in total. The first-order valence-corrected chi connectivity index (χ1v) is 7.21. The summed E-state index contributed by atoms with van der Waals surface area (Å²) in [5.41, 5.74) is 3.19. The fraction of sp³-hybridized carbons (Fsp3) is 0.353. The number of H-pyrrole nitrogens is 1. The van der Waals surface area contributed by atoms with Crippen LogP contribution in [0.15, 0.2) is 47.1 Å². The van der Waals surface area contributed by atoms with Gasteiger partial charge in [-0.25, -0.2) is 14.6 Å². The van der Waals surface area contributed by atoms with Gasteiger partial charge in [0, 0.05) is 30.6 Å². The second-order valence-corrected chi connectivity index (χ2v) is 5.31. The van der Waals surface area contributed by atoms with Gasteiger partial charge in [0.25, 0.3) is 0 Å². The highest BCUT2D eigenvalue weighted by Gasteiger charge is 2.39. The summed E-state index contributed by atoms with van der Waals surface area (Å²) in [4.78, 5) is 29.5. The van der Waals surface area contributed by atoms with Crippen LogP contribution in [0.4, 0.5) is 0 Å². The monoisotopic (exact) mass is 317 g/mol. The van der Waals surface area contributed by atoms with Crippen LogP contribution in [0.25, 0.3) is 0 Å². The number of carbonyl (C=O) groups is 2. The van der Waals surface area contributed by atoms with E-state index in [1.807, 2.05) is 37.9 Å². The molecule has 0 aliphatic carbocycles. The number of nitrogens with zero attached hydrogens (tertiary/aromatic N) is 1. The molecule has 0 saturated heterocycles. The summed E-state index contributed by atoms with van der Waals surface area (Å²) in [6, 6.07) is 3.67. The highest BCUT2D eigenvalue weighted by Crippen LogP contribution is 2.41. The van der Waals surface area contributed by atoms with E-state index in [-0.39, 0.29) is 0 Å². The van der Waals surface area contributed by atoms with E-state index in [2.05, 4.69) is 4.98 Å². The van der Waals surface area contributed by atoms with Crippen LogP contribution in [-0.4, -0.2) is 38.1 Å². The van der Waals surface area contributed by atoms with Crippen molar-refractivity contribution in [1.29, 1.82) is 0 Å². The lowest BCUT2D eigenvalue weighted by atomic mass is 9.80. The third kappa shape index (κ3) is 2.84. The number of hydrogen-bond acceptors (Lipinski definition) is 5. The van der Waals surface area contributed by atoms with Crippen molar-refractivity contribution in [3.63, 3.8) is 0 Å². The van der Waals surface area contributed by atoms with E-state index in [0.717, 1.165) is 17.0 Å². The number of carbonyl (C=O) groups excluding carboxylic acids is 2. The largest absolute Gasteiger partial charge is 0.466 e. The number of hydrogen-bond donors (Lipinski definition) is 0. The third-order valence-electron chi connectivity index (χ3n) is 4.25. The number of nitrogens with one attached hydrogen (secondary N) is 1. The molecule has 0 bridgehead atoms. The van der Waals surface area contributed by atoms with Gasteiger partial charge in [-0.1, -0.05) is 0 Å². The van der Waals surface area contributed by atoms with Gasteiger partial charge in [0.05, 0.1) is 31.3 Å². The van der Waals surface area contributed by atoms with E-state index >= 15 is 0 Å². The zero-order valence-corrected chi connectivity index (χ0v) is 14.0. The zero-order chi connectivity index (χ0) is 17.1. The molecule has 1 aliphatic rings. The first kappa shape index (κ1) is 16.7. The first-order valence-electron chi connectivity index (χ1n) is 7.21. The molecule has 2 heterocycles. The third-order valence-corrected chi connectivity index (χ3v) is 4.25. The molecule has 0 spiro atoms. The average Bonchev–Trinajstić information content (AvgIpc) is 2.58. The standard InChI is InChI=1S/C17H20N2O4/c1-10-13(16(20)22-4)15(12-6-8-18-9-7-12)14(17(21)23-5)11(2)19(10)3/h6-9,15H,1-5H3/p+1. The predicted molar refractivity (Wildman–Crippen MR) is 82.9 cm³/mol. The second-order valence-electron chi connectivity index (χ2n) is 5.31. The molecule has 0 atom stereocenters. The molecule has 1 aromatic rings. The van der Waals surface area contributed by atoms with Gasteiger partial charge < -0.3 is 14.4 Å². The topological polar surface area (TPSA) is 70.0 Å². The SMILES string of the molecule is COC(=O)C1=C(C)N(C)C(C)=C(C(=O)OC)C1c1cc[nH+]cc1. The van der Waals surface area contributed by atoms with Crippen LogP contribution in [0.1, 0.15) is 25.3 Å². The van der Waals surface area contributed by atoms with Crippen molar-refractivity contribution in [3.8, 4) is 0 Å². The van der Waals surface area contributed by atoms with Gasteiger partial charge in [-0.3, -0.25) is 0 Å². The Kier molecular flexibility index (Phi) is 4.83. The molecule has 0 aromatic carbocycles. The molecule has 122 valence electrons. The summed E-state index contributed by atoms with van der Waals surface area (Å²) in [5, 5.41) is 0. The number of allylic oxidation sites excluding steroid dienone is 2. The molecule has 0 unspecified atom stereocenters. The lowest BCUT2D eigenvalue weighted by Crippen LogP contribution is -2.33. The fourth-order valence-electron chi connectivity index (χ4n) is 2.85. The molecular formula is C17H21N2O4+. The Morgan fingerprint density at radius 3 is 1.83 bits per heavy atom. The maximum atomic E-state index is 12.4. The molecule has 1 aliphatic heterocycles. The Labute approximate surface area is 135 Å². The molecule has 0 saturated carbocycles. The quantitative estimate of drug-likeness (QED) is 0.789. The normalized spacial score (nSPS) is 15.8. The lowest BCUT2D eigenvalue weighted by molar-refractivity contribution is -0.378. The minimum Gasteiger partial charge on any atom is -0.466 e. The summed E-state index contributed by atoms with van der Waals surface area (Å²) in [6.07, 6.45) is 3.50. The number of esters is 2. The zero-order valence-electron chi connectivity index (χ0n) is 14.0. The summed E-state index contributed by atoms with van der Waals surface area (Å²) in [5.74, 6) is -1.44. The highest BCUT2D eigenvalue weighted by atomic mass is 16.5. The molecule has 23 heavy (non-hydrogen) atoms. The van der Waals surface area contributed by atoms with Crippen LogP contribution in [0.3, 0.4) is 0 Å². The second kappa shape index (κ2) is 6.64. The molecule has 1 N–H and O–H groups in total. The van der Waals surface area contributed by atoms with E-state index < -0.39 is 17.9 Å². The Bertz CT molecular complexity index is 652. The highest BCUT2D eigenvalue weighted by molar-refractivity contribution is 5.99. The predicted octanol–water partition coefficient (Wildman–Crippen LogP) is 1.42. The van der Waals surface area contributed by atoms with Crippen LogP contribution < -0.4 is 4.98 Å². The maximum absolute atomic E-state index is 12.4. The van der Waals surface area contributed by atoms with Gasteiger partial charge in [-0.2, -0.15) is 0 Å². The van der Waals surface area contributed by atoms with Gasteiger partial charge in [-0.05, 0) is 19.4 Å².